The molecular weight excluding hydrogens is 164 g/mol. The fourth-order valence-corrected chi connectivity index (χ4v) is 0.821. The van der Waals surface area contributed by atoms with Crippen molar-refractivity contribution in [1.82, 2.24) is 0 Å². The van der Waals surface area contributed by atoms with E-state index in [0.717, 1.165) is 5.57 Å². The number of ether oxygens (including phenoxy) is 1. The Morgan fingerprint density at radius 3 is 2.23 bits per heavy atom. The monoisotopic (exact) mass is 182 g/mol. The lowest BCUT2D eigenvalue weighted by Gasteiger charge is -2.02. The highest BCUT2D eigenvalue weighted by Crippen LogP contribution is 2.05. The van der Waals surface area contributed by atoms with Crippen molar-refractivity contribution >= 4 is 5.97 Å². The molecule has 0 aromatic heterocycles. The maximum Gasteiger partial charge on any atom is 0.333 e. The molecular formula is C11H18O2. The lowest BCUT2D eigenvalue weighted by Crippen LogP contribution is -2.06. The summed E-state index contributed by atoms with van der Waals surface area (Å²) >= 11 is 0. The van der Waals surface area contributed by atoms with Gasteiger partial charge in [0.2, 0.25) is 0 Å². The van der Waals surface area contributed by atoms with E-state index in [9.17, 15) is 4.79 Å². The second-order valence-electron chi connectivity index (χ2n) is 3.01. The molecule has 0 saturated heterocycles. The van der Waals surface area contributed by atoms with Crippen molar-refractivity contribution < 1.29 is 9.53 Å². The fraction of sp³-hybridized carbons (Fsp3) is 0.545. The molecule has 0 unspecified atom stereocenters. The molecule has 0 aliphatic rings. The third kappa shape index (κ3) is 5.23. The van der Waals surface area contributed by atoms with Gasteiger partial charge in [0.15, 0.2) is 0 Å². The second kappa shape index (κ2) is 6.46. The van der Waals surface area contributed by atoms with E-state index in [4.69, 9.17) is 4.74 Å². The molecule has 0 rings (SSSR count). The van der Waals surface area contributed by atoms with Crippen molar-refractivity contribution in [2.75, 3.05) is 6.61 Å². The molecule has 0 amide bonds. The molecule has 0 N–H and O–H groups in total. The summed E-state index contributed by atoms with van der Waals surface area (Å²) in [6.07, 6.45) is 4.46. The molecule has 0 aromatic rings. The zero-order valence-corrected chi connectivity index (χ0v) is 8.89. The van der Waals surface area contributed by atoms with E-state index >= 15 is 0 Å². The van der Waals surface area contributed by atoms with Gasteiger partial charge in [-0.3, -0.25) is 0 Å². The van der Waals surface area contributed by atoms with Gasteiger partial charge in [0.05, 0.1) is 6.61 Å². The Morgan fingerprint density at radius 1 is 1.23 bits per heavy atom. The van der Waals surface area contributed by atoms with Crippen molar-refractivity contribution in [3.63, 3.8) is 0 Å². The Morgan fingerprint density at radius 2 is 1.85 bits per heavy atom. The van der Waals surface area contributed by atoms with E-state index in [1.54, 1.807) is 0 Å². The zero-order valence-electron chi connectivity index (χ0n) is 8.89. The number of rotatable bonds is 4. The third-order valence-electron chi connectivity index (χ3n) is 1.54. The fourth-order valence-electron chi connectivity index (χ4n) is 0.821. The highest BCUT2D eigenvalue weighted by Gasteiger charge is 2.05. The van der Waals surface area contributed by atoms with Gasteiger partial charge in [-0.25, -0.2) is 4.79 Å². The highest BCUT2D eigenvalue weighted by atomic mass is 16.5. The van der Waals surface area contributed by atoms with Gasteiger partial charge in [0, 0.05) is 5.57 Å². The van der Waals surface area contributed by atoms with Crippen LogP contribution in [0.25, 0.3) is 0 Å². The summed E-state index contributed by atoms with van der Waals surface area (Å²) in [4.78, 5) is 11.3. The summed E-state index contributed by atoms with van der Waals surface area (Å²) in [7, 11) is 0. The van der Waals surface area contributed by atoms with E-state index < -0.39 is 0 Å². The smallest absolute Gasteiger partial charge is 0.333 e. The molecule has 0 radical (unpaired) electrons. The molecule has 0 aromatic carbocycles. The summed E-state index contributed by atoms with van der Waals surface area (Å²) in [6, 6.07) is 0. The van der Waals surface area contributed by atoms with Crippen LogP contribution in [0.1, 0.15) is 34.1 Å². The Labute approximate surface area is 80.3 Å². The zero-order chi connectivity index (χ0) is 10.3. The van der Waals surface area contributed by atoms with Gasteiger partial charge in [-0.05, 0) is 27.2 Å². The molecule has 0 bridgehead atoms. The van der Waals surface area contributed by atoms with Crippen LogP contribution in [0, 0.1) is 0 Å². The van der Waals surface area contributed by atoms with Gasteiger partial charge < -0.3 is 4.74 Å². The van der Waals surface area contributed by atoms with Crippen LogP contribution in [0.3, 0.4) is 0 Å². The standard InChI is InChI=1S/C11H18O2/c1-5-10(8-7-9(3)4)11(12)13-6-2/h7-8H,5-6H2,1-4H3. The van der Waals surface area contributed by atoms with Crippen molar-refractivity contribution in [3.05, 3.63) is 23.3 Å². The van der Waals surface area contributed by atoms with Gasteiger partial charge in [-0.2, -0.15) is 0 Å². The molecule has 2 heteroatoms. The number of allylic oxidation sites excluding steroid dienone is 3. The van der Waals surface area contributed by atoms with Crippen molar-refractivity contribution in [2.45, 2.75) is 34.1 Å². The van der Waals surface area contributed by atoms with Crippen LogP contribution in [0.4, 0.5) is 0 Å². The van der Waals surface area contributed by atoms with Crippen molar-refractivity contribution in [1.29, 1.82) is 0 Å². The van der Waals surface area contributed by atoms with Crippen LogP contribution < -0.4 is 0 Å². The Kier molecular flexibility index (Phi) is 5.94. The van der Waals surface area contributed by atoms with Crippen molar-refractivity contribution in [3.8, 4) is 0 Å². The molecule has 74 valence electrons. The summed E-state index contributed by atoms with van der Waals surface area (Å²) in [6.45, 7) is 8.18. The minimum atomic E-state index is -0.206. The lowest BCUT2D eigenvalue weighted by atomic mass is 10.1. The largest absolute Gasteiger partial charge is 0.463 e. The second-order valence-corrected chi connectivity index (χ2v) is 3.01. The summed E-state index contributed by atoms with van der Waals surface area (Å²) in [5, 5.41) is 0. The summed E-state index contributed by atoms with van der Waals surface area (Å²) in [5.74, 6) is -0.206. The van der Waals surface area contributed by atoms with E-state index in [1.165, 1.54) is 5.57 Å². The molecule has 2 nitrogen and oxygen atoms in total. The van der Waals surface area contributed by atoms with Crippen LogP contribution in [-0.4, -0.2) is 12.6 Å². The number of esters is 1. The maximum atomic E-state index is 11.3. The highest BCUT2D eigenvalue weighted by molar-refractivity contribution is 5.88. The topological polar surface area (TPSA) is 26.3 Å². The first-order chi connectivity index (χ1) is 6.11. The predicted molar refractivity (Wildman–Crippen MR) is 54.4 cm³/mol. The number of carbonyl (C=O) groups is 1. The molecule has 0 aliphatic heterocycles. The molecule has 0 aliphatic carbocycles. The van der Waals surface area contributed by atoms with Crippen LogP contribution in [-0.2, 0) is 9.53 Å². The van der Waals surface area contributed by atoms with Gasteiger partial charge in [-0.15, -0.1) is 0 Å². The minimum absolute atomic E-state index is 0.206. The van der Waals surface area contributed by atoms with Crippen molar-refractivity contribution in [2.24, 2.45) is 0 Å². The predicted octanol–water partition coefficient (Wildman–Crippen LogP) is 2.85. The van der Waals surface area contributed by atoms with E-state index in [-0.39, 0.29) is 5.97 Å². The first-order valence-electron chi connectivity index (χ1n) is 4.63. The normalized spacial score (nSPS) is 10.9. The van der Waals surface area contributed by atoms with E-state index in [1.807, 2.05) is 39.8 Å². The molecule has 13 heavy (non-hydrogen) atoms. The number of hydrogen-bond acceptors (Lipinski definition) is 2. The third-order valence-corrected chi connectivity index (χ3v) is 1.54. The SMILES string of the molecule is CCOC(=O)C(=CC=C(C)C)CC. The van der Waals surface area contributed by atoms with Gasteiger partial charge >= 0.3 is 5.97 Å². The lowest BCUT2D eigenvalue weighted by molar-refractivity contribution is -0.138. The van der Waals surface area contributed by atoms with Gasteiger partial charge in [-0.1, -0.05) is 24.6 Å². The first kappa shape index (κ1) is 11.9. The average Bonchev–Trinajstić information content (AvgIpc) is 2.05. The van der Waals surface area contributed by atoms with E-state index in [2.05, 4.69) is 0 Å². The van der Waals surface area contributed by atoms with Gasteiger partial charge in [0.1, 0.15) is 0 Å². The molecule has 0 heterocycles. The molecule has 0 saturated carbocycles. The average molecular weight is 182 g/mol. The van der Waals surface area contributed by atoms with Crippen LogP contribution >= 0.6 is 0 Å². The molecule has 0 spiro atoms. The minimum Gasteiger partial charge on any atom is -0.463 e. The summed E-state index contributed by atoms with van der Waals surface area (Å²) in [5.41, 5.74) is 1.90. The Balaban J connectivity index is 4.41. The number of carbonyl (C=O) groups excluding carboxylic acids is 1. The van der Waals surface area contributed by atoms with E-state index in [0.29, 0.717) is 13.0 Å². The first-order valence-corrected chi connectivity index (χ1v) is 4.63. The summed E-state index contributed by atoms with van der Waals surface area (Å²) < 4.78 is 4.89. The van der Waals surface area contributed by atoms with Crippen LogP contribution in [0.15, 0.2) is 23.3 Å². The number of hydrogen-bond donors (Lipinski definition) is 0. The van der Waals surface area contributed by atoms with Crippen LogP contribution in [0.5, 0.6) is 0 Å². The van der Waals surface area contributed by atoms with Gasteiger partial charge in [0.25, 0.3) is 0 Å². The maximum absolute atomic E-state index is 11.3. The molecule has 0 atom stereocenters. The Hall–Kier alpha value is -1.05. The van der Waals surface area contributed by atoms with Crippen LogP contribution in [0.2, 0.25) is 0 Å². The quantitative estimate of drug-likeness (QED) is 0.379. The Bertz CT molecular complexity index is 220. The molecule has 0 fully saturated rings.